The molecule has 2 aliphatic heterocycles. The van der Waals surface area contributed by atoms with Crippen LogP contribution in [0.15, 0.2) is 18.2 Å². The van der Waals surface area contributed by atoms with Crippen molar-refractivity contribution in [3.05, 3.63) is 23.8 Å². The number of phenols is 1. The van der Waals surface area contributed by atoms with Gasteiger partial charge in [-0.2, -0.15) is 0 Å². The first-order valence-corrected chi connectivity index (χ1v) is 7.51. The minimum atomic E-state index is 0.294. The van der Waals surface area contributed by atoms with Gasteiger partial charge in [0.25, 0.3) is 0 Å². The standard InChI is InChI=1S/C16H23NO2/c1-2-12-6-4-3-5-9-17(12)15-11-19-16-10-13(18)7-8-14(15)16/h7-8,10,12,15,18H,2-6,9,11H2,1H3. The maximum absolute atomic E-state index is 9.54. The molecule has 2 aliphatic rings. The van der Waals surface area contributed by atoms with Crippen molar-refractivity contribution in [2.45, 2.75) is 51.1 Å². The van der Waals surface area contributed by atoms with Gasteiger partial charge in [-0.25, -0.2) is 0 Å². The second-order valence-electron chi connectivity index (χ2n) is 5.70. The van der Waals surface area contributed by atoms with Crippen molar-refractivity contribution in [1.82, 2.24) is 4.90 Å². The van der Waals surface area contributed by atoms with E-state index >= 15 is 0 Å². The molecule has 1 saturated heterocycles. The number of phenolic OH excluding ortho intramolecular Hbond substituents is 1. The van der Waals surface area contributed by atoms with E-state index in [0.29, 0.717) is 17.8 Å². The molecule has 2 atom stereocenters. The van der Waals surface area contributed by atoms with E-state index in [0.717, 1.165) is 12.4 Å². The van der Waals surface area contributed by atoms with E-state index < -0.39 is 0 Å². The predicted octanol–water partition coefficient (Wildman–Crippen LogP) is 3.48. The summed E-state index contributed by atoms with van der Waals surface area (Å²) in [5.74, 6) is 1.16. The van der Waals surface area contributed by atoms with Crippen LogP contribution < -0.4 is 4.74 Å². The third-order valence-corrected chi connectivity index (χ3v) is 4.55. The second kappa shape index (κ2) is 5.41. The summed E-state index contributed by atoms with van der Waals surface area (Å²) in [6, 6.07) is 6.60. The van der Waals surface area contributed by atoms with E-state index in [2.05, 4.69) is 11.8 Å². The van der Waals surface area contributed by atoms with E-state index in [9.17, 15) is 5.11 Å². The first-order chi connectivity index (χ1) is 9.29. The smallest absolute Gasteiger partial charge is 0.127 e. The van der Waals surface area contributed by atoms with E-state index in [-0.39, 0.29) is 0 Å². The van der Waals surface area contributed by atoms with Crippen LogP contribution in [0.3, 0.4) is 0 Å². The molecule has 2 unspecified atom stereocenters. The van der Waals surface area contributed by atoms with Crippen molar-refractivity contribution in [3.8, 4) is 11.5 Å². The van der Waals surface area contributed by atoms with Gasteiger partial charge in [-0.3, -0.25) is 4.90 Å². The lowest BCUT2D eigenvalue weighted by molar-refractivity contribution is 0.112. The van der Waals surface area contributed by atoms with Crippen molar-refractivity contribution in [3.63, 3.8) is 0 Å². The van der Waals surface area contributed by atoms with Crippen LogP contribution in [0.4, 0.5) is 0 Å². The molecule has 1 aromatic rings. The van der Waals surface area contributed by atoms with Crippen LogP contribution in [0, 0.1) is 0 Å². The van der Waals surface area contributed by atoms with E-state index in [1.807, 2.05) is 6.07 Å². The van der Waals surface area contributed by atoms with Gasteiger partial charge in [-0.15, -0.1) is 0 Å². The van der Waals surface area contributed by atoms with Crippen LogP contribution in [-0.4, -0.2) is 29.2 Å². The summed E-state index contributed by atoms with van der Waals surface area (Å²) >= 11 is 0. The molecule has 19 heavy (non-hydrogen) atoms. The summed E-state index contributed by atoms with van der Waals surface area (Å²) in [6.07, 6.45) is 6.51. The maximum atomic E-state index is 9.54. The summed E-state index contributed by atoms with van der Waals surface area (Å²) in [5.41, 5.74) is 1.25. The summed E-state index contributed by atoms with van der Waals surface area (Å²) < 4.78 is 5.78. The summed E-state index contributed by atoms with van der Waals surface area (Å²) in [6.45, 7) is 4.19. The largest absolute Gasteiger partial charge is 0.508 e. The first kappa shape index (κ1) is 12.8. The lowest BCUT2D eigenvalue weighted by atomic mass is 10.0. The molecule has 104 valence electrons. The summed E-state index contributed by atoms with van der Waals surface area (Å²) in [5, 5.41) is 9.54. The normalized spacial score (nSPS) is 27.6. The predicted molar refractivity (Wildman–Crippen MR) is 75.6 cm³/mol. The molecule has 3 heteroatoms. The monoisotopic (exact) mass is 261 g/mol. The number of hydrogen-bond acceptors (Lipinski definition) is 3. The minimum Gasteiger partial charge on any atom is -0.508 e. The molecule has 3 rings (SSSR count). The lowest BCUT2D eigenvalue weighted by Gasteiger charge is -2.33. The Hall–Kier alpha value is -1.22. The molecule has 2 heterocycles. The van der Waals surface area contributed by atoms with Crippen LogP contribution in [0.2, 0.25) is 0 Å². The van der Waals surface area contributed by atoms with Crippen molar-refractivity contribution < 1.29 is 9.84 Å². The van der Waals surface area contributed by atoms with Gasteiger partial charge < -0.3 is 9.84 Å². The van der Waals surface area contributed by atoms with Crippen molar-refractivity contribution in [2.24, 2.45) is 0 Å². The van der Waals surface area contributed by atoms with Gasteiger partial charge in [-0.05, 0) is 37.9 Å². The van der Waals surface area contributed by atoms with Crippen molar-refractivity contribution in [1.29, 1.82) is 0 Å². The van der Waals surface area contributed by atoms with Gasteiger partial charge in [0.05, 0.1) is 6.04 Å². The Morgan fingerprint density at radius 2 is 2.21 bits per heavy atom. The molecule has 0 aliphatic carbocycles. The summed E-state index contributed by atoms with van der Waals surface area (Å²) in [4.78, 5) is 2.63. The van der Waals surface area contributed by atoms with Crippen molar-refractivity contribution in [2.75, 3.05) is 13.2 Å². The molecule has 0 amide bonds. The zero-order valence-corrected chi connectivity index (χ0v) is 11.6. The fraction of sp³-hybridized carbons (Fsp3) is 0.625. The van der Waals surface area contributed by atoms with Crippen LogP contribution in [0.5, 0.6) is 11.5 Å². The van der Waals surface area contributed by atoms with Crippen molar-refractivity contribution >= 4 is 0 Å². The topological polar surface area (TPSA) is 32.7 Å². The summed E-state index contributed by atoms with van der Waals surface area (Å²) in [7, 11) is 0. The lowest BCUT2D eigenvalue weighted by Crippen LogP contribution is -2.38. The highest BCUT2D eigenvalue weighted by molar-refractivity contribution is 5.44. The van der Waals surface area contributed by atoms with Crippen LogP contribution in [0.1, 0.15) is 50.6 Å². The second-order valence-corrected chi connectivity index (χ2v) is 5.70. The Morgan fingerprint density at radius 1 is 1.32 bits per heavy atom. The van der Waals surface area contributed by atoms with E-state index in [4.69, 9.17) is 4.74 Å². The molecule has 1 aromatic carbocycles. The van der Waals surface area contributed by atoms with Gasteiger partial charge in [0.1, 0.15) is 18.1 Å². The molecule has 0 saturated carbocycles. The zero-order chi connectivity index (χ0) is 13.2. The number of aromatic hydroxyl groups is 1. The Morgan fingerprint density at radius 3 is 3.05 bits per heavy atom. The average Bonchev–Trinajstić information content (AvgIpc) is 2.68. The van der Waals surface area contributed by atoms with Gasteiger partial charge in [0.15, 0.2) is 0 Å². The number of ether oxygens (including phenoxy) is 1. The van der Waals surface area contributed by atoms with E-state index in [1.54, 1.807) is 12.1 Å². The quantitative estimate of drug-likeness (QED) is 0.884. The minimum absolute atomic E-state index is 0.294. The molecule has 0 aromatic heterocycles. The fourth-order valence-corrected chi connectivity index (χ4v) is 3.50. The highest BCUT2D eigenvalue weighted by Gasteiger charge is 2.33. The molecule has 0 bridgehead atoms. The highest BCUT2D eigenvalue weighted by atomic mass is 16.5. The molecular weight excluding hydrogens is 238 g/mol. The van der Waals surface area contributed by atoms with Gasteiger partial charge in [-0.1, -0.05) is 19.8 Å². The molecular formula is C16H23NO2. The van der Waals surface area contributed by atoms with Crippen LogP contribution in [0.25, 0.3) is 0 Å². The molecule has 0 radical (unpaired) electrons. The Bertz CT molecular complexity index is 446. The highest BCUT2D eigenvalue weighted by Crippen LogP contribution is 2.40. The number of rotatable bonds is 2. The number of fused-ring (bicyclic) bond motifs is 1. The first-order valence-electron chi connectivity index (χ1n) is 7.51. The number of hydrogen-bond donors (Lipinski definition) is 1. The van der Waals surface area contributed by atoms with Gasteiger partial charge >= 0.3 is 0 Å². The molecule has 0 spiro atoms. The van der Waals surface area contributed by atoms with Crippen LogP contribution >= 0.6 is 0 Å². The zero-order valence-electron chi connectivity index (χ0n) is 11.6. The third kappa shape index (κ3) is 2.44. The van der Waals surface area contributed by atoms with E-state index in [1.165, 1.54) is 44.2 Å². The Labute approximate surface area is 115 Å². The third-order valence-electron chi connectivity index (χ3n) is 4.55. The average molecular weight is 261 g/mol. The Kier molecular flexibility index (Phi) is 3.65. The maximum Gasteiger partial charge on any atom is 0.127 e. The fourth-order valence-electron chi connectivity index (χ4n) is 3.50. The molecule has 1 N–H and O–H groups in total. The van der Waals surface area contributed by atoms with Crippen LogP contribution in [-0.2, 0) is 0 Å². The SMILES string of the molecule is CCC1CCCCCN1C1COc2cc(O)ccc21. The number of benzene rings is 1. The molecule has 3 nitrogen and oxygen atoms in total. The van der Waals surface area contributed by atoms with Gasteiger partial charge in [0, 0.05) is 17.7 Å². The molecule has 1 fully saturated rings. The van der Waals surface area contributed by atoms with Gasteiger partial charge in [0.2, 0.25) is 0 Å². The number of nitrogens with zero attached hydrogens (tertiary/aromatic N) is 1. The Balaban J connectivity index is 1.86. The number of likely N-dealkylation sites (tertiary alicyclic amines) is 1.